The summed E-state index contributed by atoms with van der Waals surface area (Å²) in [6, 6.07) is 8.01. The molecule has 1 N–H and O–H groups in total. The van der Waals surface area contributed by atoms with Gasteiger partial charge in [0.25, 0.3) is 0 Å². The Bertz CT molecular complexity index is 623. The average Bonchev–Trinajstić information content (AvgIpc) is 2.72. The molecule has 0 saturated carbocycles. The second-order valence-electron chi connectivity index (χ2n) is 6.24. The highest BCUT2D eigenvalue weighted by atomic mass is 16.4. The van der Waals surface area contributed by atoms with Gasteiger partial charge in [0.15, 0.2) is 0 Å². The summed E-state index contributed by atoms with van der Waals surface area (Å²) in [5, 5.41) is 15.1. The van der Waals surface area contributed by atoms with E-state index in [0.717, 1.165) is 23.1 Å². The molecular formula is C16H22N2O2. The van der Waals surface area contributed by atoms with E-state index in [9.17, 15) is 9.90 Å². The van der Waals surface area contributed by atoms with Crippen molar-refractivity contribution >= 4 is 16.9 Å². The normalized spacial score (nSPS) is 13.6. The SMILES string of the molecule is CCn1nc(CC(C(=O)O)C(C)(C)C)c2ccccc21. The molecule has 20 heavy (non-hydrogen) atoms. The molecule has 0 spiro atoms. The Hall–Kier alpha value is -1.84. The lowest BCUT2D eigenvalue weighted by Gasteiger charge is -2.26. The van der Waals surface area contributed by atoms with Gasteiger partial charge in [0.2, 0.25) is 0 Å². The number of carboxylic acid groups (broad SMARTS) is 1. The lowest BCUT2D eigenvalue weighted by molar-refractivity contribution is -0.145. The molecule has 1 aromatic heterocycles. The second-order valence-corrected chi connectivity index (χ2v) is 6.24. The molecule has 0 aliphatic heterocycles. The van der Waals surface area contributed by atoms with Crippen LogP contribution >= 0.6 is 0 Å². The van der Waals surface area contributed by atoms with E-state index in [1.165, 1.54) is 0 Å². The zero-order chi connectivity index (χ0) is 14.9. The first-order valence-corrected chi connectivity index (χ1v) is 7.01. The fraction of sp³-hybridized carbons (Fsp3) is 0.500. The van der Waals surface area contributed by atoms with Gasteiger partial charge < -0.3 is 5.11 Å². The number of aromatic nitrogens is 2. The molecule has 0 fully saturated rings. The van der Waals surface area contributed by atoms with Crippen molar-refractivity contribution in [2.75, 3.05) is 0 Å². The van der Waals surface area contributed by atoms with Crippen LogP contribution in [0.5, 0.6) is 0 Å². The monoisotopic (exact) mass is 274 g/mol. The lowest BCUT2D eigenvalue weighted by atomic mass is 9.78. The van der Waals surface area contributed by atoms with Crippen molar-refractivity contribution in [2.45, 2.75) is 40.7 Å². The molecule has 0 amide bonds. The average molecular weight is 274 g/mol. The van der Waals surface area contributed by atoms with E-state index in [1.807, 2.05) is 56.6 Å². The van der Waals surface area contributed by atoms with Gasteiger partial charge in [-0.1, -0.05) is 39.0 Å². The van der Waals surface area contributed by atoms with Crippen LogP contribution in [0.4, 0.5) is 0 Å². The maximum Gasteiger partial charge on any atom is 0.307 e. The first kappa shape index (κ1) is 14.6. The summed E-state index contributed by atoms with van der Waals surface area (Å²) in [5.41, 5.74) is 1.66. The van der Waals surface area contributed by atoms with Gasteiger partial charge in [-0.05, 0) is 18.4 Å². The standard InChI is InChI=1S/C16H22N2O2/c1-5-18-14-9-7-6-8-11(14)13(17-18)10-12(15(19)20)16(2,3)4/h6-9,12H,5,10H2,1-4H3,(H,19,20). The van der Waals surface area contributed by atoms with E-state index in [0.29, 0.717) is 6.42 Å². The smallest absolute Gasteiger partial charge is 0.307 e. The number of fused-ring (bicyclic) bond motifs is 1. The molecule has 0 radical (unpaired) electrons. The molecule has 2 aromatic rings. The molecular weight excluding hydrogens is 252 g/mol. The van der Waals surface area contributed by atoms with Crippen LogP contribution in [-0.4, -0.2) is 20.9 Å². The third-order valence-electron chi connectivity index (χ3n) is 3.77. The molecule has 2 rings (SSSR count). The number of rotatable bonds is 4. The lowest BCUT2D eigenvalue weighted by Crippen LogP contribution is -2.30. The summed E-state index contributed by atoms with van der Waals surface area (Å²) in [7, 11) is 0. The highest BCUT2D eigenvalue weighted by molar-refractivity contribution is 5.82. The van der Waals surface area contributed by atoms with Gasteiger partial charge in [0, 0.05) is 18.4 Å². The first-order valence-electron chi connectivity index (χ1n) is 7.01. The fourth-order valence-electron chi connectivity index (χ4n) is 2.55. The fourth-order valence-corrected chi connectivity index (χ4v) is 2.55. The van der Waals surface area contributed by atoms with Crippen molar-refractivity contribution in [3.63, 3.8) is 0 Å². The van der Waals surface area contributed by atoms with E-state index in [4.69, 9.17) is 0 Å². The molecule has 0 aliphatic carbocycles. The number of aliphatic carboxylic acids is 1. The molecule has 4 nitrogen and oxygen atoms in total. The van der Waals surface area contributed by atoms with Gasteiger partial charge >= 0.3 is 5.97 Å². The summed E-state index contributed by atoms with van der Waals surface area (Å²) in [4.78, 5) is 11.5. The van der Waals surface area contributed by atoms with Crippen molar-refractivity contribution in [1.82, 2.24) is 9.78 Å². The molecule has 4 heteroatoms. The van der Waals surface area contributed by atoms with Gasteiger partial charge in [-0.3, -0.25) is 9.48 Å². The number of benzene rings is 1. The van der Waals surface area contributed by atoms with Crippen LogP contribution in [0.3, 0.4) is 0 Å². The molecule has 1 atom stereocenters. The van der Waals surface area contributed by atoms with E-state index in [-0.39, 0.29) is 5.41 Å². The molecule has 0 aliphatic rings. The Morgan fingerprint density at radius 1 is 1.35 bits per heavy atom. The summed E-state index contributed by atoms with van der Waals surface area (Å²) < 4.78 is 1.94. The van der Waals surface area contributed by atoms with Crippen LogP contribution in [0.25, 0.3) is 10.9 Å². The van der Waals surface area contributed by atoms with Crippen molar-refractivity contribution in [1.29, 1.82) is 0 Å². The molecule has 1 aromatic carbocycles. The number of nitrogens with zero attached hydrogens (tertiary/aromatic N) is 2. The molecule has 1 unspecified atom stereocenters. The third-order valence-corrected chi connectivity index (χ3v) is 3.77. The Kier molecular flexibility index (Phi) is 3.84. The molecule has 0 bridgehead atoms. The Morgan fingerprint density at radius 2 is 2.00 bits per heavy atom. The molecule has 108 valence electrons. The van der Waals surface area contributed by atoms with Crippen LogP contribution in [0.2, 0.25) is 0 Å². The van der Waals surface area contributed by atoms with Gasteiger partial charge in [0.05, 0.1) is 17.1 Å². The zero-order valence-electron chi connectivity index (χ0n) is 12.6. The zero-order valence-corrected chi connectivity index (χ0v) is 12.6. The van der Waals surface area contributed by atoms with Gasteiger partial charge in [0.1, 0.15) is 0 Å². The summed E-state index contributed by atoms with van der Waals surface area (Å²) in [6.07, 6.45) is 0.465. The number of para-hydroxylation sites is 1. The maximum absolute atomic E-state index is 11.5. The largest absolute Gasteiger partial charge is 0.481 e. The van der Waals surface area contributed by atoms with Crippen LogP contribution in [-0.2, 0) is 17.8 Å². The van der Waals surface area contributed by atoms with Crippen LogP contribution in [0.1, 0.15) is 33.4 Å². The van der Waals surface area contributed by atoms with Crippen molar-refractivity contribution in [3.8, 4) is 0 Å². The van der Waals surface area contributed by atoms with Crippen LogP contribution < -0.4 is 0 Å². The van der Waals surface area contributed by atoms with E-state index >= 15 is 0 Å². The number of hydrogen-bond donors (Lipinski definition) is 1. The highest BCUT2D eigenvalue weighted by Gasteiger charge is 2.32. The Balaban J connectivity index is 2.45. The summed E-state index contributed by atoms with van der Waals surface area (Å²) >= 11 is 0. The van der Waals surface area contributed by atoms with Crippen molar-refractivity contribution in [2.24, 2.45) is 11.3 Å². The number of carboxylic acids is 1. The quantitative estimate of drug-likeness (QED) is 0.930. The first-order chi connectivity index (χ1) is 9.34. The minimum atomic E-state index is -0.757. The molecule has 0 saturated heterocycles. The number of carbonyl (C=O) groups is 1. The summed E-state index contributed by atoms with van der Waals surface area (Å²) in [5.74, 6) is -1.20. The van der Waals surface area contributed by atoms with Gasteiger partial charge in [-0.25, -0.2) is 0 Å². The molecule has 1 heterocycles. The Morgan fingerprint density at radius 3 is 2.55 bits per heavy atom. The number of hydrogen-bond acceptors (Lipinski definition) is 2. The predicted molar refractivity (Wildman–Crippen MR) is 79.7 cm³/mol. The predicted octanol–water partition coefficient (Wildman–Crippen LogP) is 3.35. The van der Waals surface area contributed by atoms with Gasteiger partial charge in [-0.15, -0.1) is 0 Å². The topological polar surface area (TPSA) is 55.1 Å². The third kappa shape index (κ3) is 2.69. The minimum absolute atomic E-state index is 0.289. The van der Waals surface area contributed by atoms with Crippen LogP contribution in [0.15, 0.2) is 24.3 Å². The maximum atomic E-state index is 11.5. The van der Waals surface area contributed by atoms with Gasteiger partial charge in [-0.2, -0.15) is 5.10 Å². The second kappa shape index (κ2) is 5.27. The van der Waals surface area contributed by atoms with E-state index < -0.39 is 11.9 Å². The minimum Gasteiger partial charge on any atom is -0.481 e. The summed E-state index contributed by atoms with van der Waals surface area (Å²) in [6.45, 7) is 8.72. The van der Waals surface area contributed by atoms with Crippen molar-refractivity contribution < 1.29 is 9.90 Å². The van der Waals surface area contributed by atoms with E-state index in [1.54, 1.807) is 0 Å². The Labute approximate surface area is 119 Å². The number of aryl methyl sites for hydroxylation is 1. The van der Waals surface area contributed by atoms with E-state index in [2.05, 4.69) is 5.10 Å². The highest BCUT2D eigenvalue weighted by Crippen LogP contribution is 2.31. The van der Waals surface area contributed by atoms with Crippen molar-refractivity contribution in [3.05, 3.63) is 30.0 Å². The van der Waals surface area contributed by atoms with Crippen LogP contribution in [0, 0.1) is 11.3 Å².